The van der Waals surface area contributed by atoms with E-state index >= 15 is 0 Å². The maximum Gasteiger partial charge on any atom is 0.472 e. The molecule has 0 saturated carbocycles. The largest absolute Gasteiger partial charge is 0.472 e. The predicted octanol–water partition coefficient (Wildman–Crippen LogP) is 8.85. The number of hydrogen-bond acceptors (Lipinski definition) is 5. The van der Waals surface area contributed by atoms with Gasteiger partial charge < -0.3 is 19.8 Å². The molecule has 0 aromatic rings. The Labute approximate surface area is 272 Å². The molecule has 1 unspecified atom stereocenters. The van der Waals surface area contributed by atoms with Crippen molar-refractivity contribution in [1.82, 2.24) is 5.32 Å². The first-order valence-corrected chi connectivity index (χ1v) is 19.5. The van der Waals surface area contributed by atoms with E-state index < -0.39 is 20.0 Å². The maximum absolute atomic E-state index is 12.7. The Morgan fingerprint density at radius 2 is 1.23 bits per heavy atom. The van der Waals surface area contributed by atoms with Gasteiger partial charge in [0.1, 0.15) is 13.2 Å². The third kappa shape index (κ3) is 29.9. The van der Waals surface area contributed by atoms with Gasteiger partial charge in [-0.15, -0.1) is 0 Å². The van der Waals surface area contributed by atoms with E-state index in [0.29, 0.717) is 23.9 Å². The van der Waals surface area contributed by atoms with Crippen molar-refractivity contribution in [2.24, 2.45) is 0 Å². The van der Waals surface area contributed by atoms with E-state index in [1.165, 1.54) is 96.3 Å². The summed E-state index contributed by atoms with van der Waals surface area (Å²) in [5.41, 5.74) is 0. The Hall–Kier alpha value is -0.760. The number of allylic oxidation sites excluding steroid dienone is 1. The molecule has 0 aliphatic carbocycles. The van der Waals surface area contributed by atoms with Crippen LogP contribution in [0.4, 0.5) is 0 Å². The number of aliphatic hydroxyl groups excluding tert-OH is 1. The summed E-state index contributed by atoms with van der Waals surface area (Å²) < 4.78 is 23.4. The fourth-order valence-corrected chi connectivity index (χ4v) is 5.77. The van der Waals surface area contributed by atoms with Gasteiger partial charge >= 0.3 is 7.82 Å². The van der Waals surface area contributed by atoms with Crippen LogP contribution in [0.3, 0.4) is 0 Å². The number of likely N-dealkylation sites (N-methyl/N-ethyl adjacent to an activating group) is 1. The molecule has 0 rings (SSSR count). The van der Waals surface area contributed by atoms with E-state index in [1.807, 2.05) is 27.2 Å². The summed E-state index contributed by atoms with van der Waals surface area (Å²) >= 11 is 0. The molecule has 44 heavy (non-hydrogen) atoms. The Kier molecular flexibility index (Phi) is 28.0. The lowest BCUT2D eigenvalue weighted by Gasteiger charge is -2.26. The van der Waals surface area contributed by atoms with Gasteiger partial charge in [0, 0.05) is 6.42 Å². The minimum absolute atomic E-state index is 0.0666. The molecule has 0 aromatic heterocycles. The number of rotatable bonds is 32. The summed E-state index contributed by atoms with van der Waals surface area (Å²) in [5, 5.41) is 13.7. The van der Waals surface area contributed by atoms with E-state index in [9.17, 15) is 19.4 Å². The highest BCUT2D eigenvalue weighted by Gasteiger charge is 2.28. The molecule has 262 valence electrons. The molecule has 8 nitrogen and oxygen atoms in total. The van der Waals surface area contributed by atoms with Gasteiger partial charge in [-0.3, -0.25) is 13.8 Å². The van der Waals surface area contributed by atoms with Crippen molar-refractivity contribution in [2.45, 2.75) is 167 Å². The Balaban J connectivity index is 4.57. The van der Waals surface area contributed by atoms with Crippen molar-refractivity contribution in [1.29, 1.82) is 0 Å². The van der Waals surface area contributed by atoms with Gasteiger partial charge in [0.25, 0.3) is 0 Å². The van der Waals surface area contributed by atoms with Crippen LogP contribution in [0.25, 0.3) is 0 Å². The number of carbonyl (C=O) groups excluding carboxylic acids is 1. The van der Waals surface area contributed by atoms with Crippen LogP contribution in [0.5, 0.6) is 0 Å². The third-order valence-electron chi connectivity index (χ3n) is 8.02. The van der Waals surface area contributed by atoms with Crippen LogP contribution < -0.4 is 5.32 Å². The normalized spacial score (nSPS) is 15.0. The molecule has 0 fully saturated rings. The van der Waals surface area contributed by atoms with Crippen molar-refractivity contribution in [3.05, 3.63) is 12.2 Å². The van der Waals surface area contributed by atoms with Crippen LogP contribution in [-0.4, -0.2) is 73.4 Å². The van der Waals surface area contributed by atoms with E-state index in [1.54, 1.807) is 0 Å². The highest BCUT2D eigenvalue weighted by molar-refractivity contribution is 7.47. The first-order valence-electron chi connectivity index (χ1n) is 18.1. The van der Waals surface area contributed by atoms with Gasteiger partial charge in [0.15, 0.2) is 0 Å². The van der Waals surface area contributed by atoms with Crippen LogP contribution in [0.2, 0.25) is 0 Å². The SMILES string of the molecule is CCCCCCCCCCCCC=CC[C@@H](O)[C@H](COP(=O)(O)OCC[N+](C)(C)C)NC(=O)CCCCCCCCCCC. The first kappa shape index (κ1) is 43.2. The Bertz CT molecular complexity index is 743. The molecule has 0 spiro atoms. The fourth-order valence-electron chi connectivity index (χ4n) is 5.03. The van der Waals surface area contributed by atoms with E-state index in [2.05, 4.69) is 25.2 Å². The number of aliphatic hydroxyl groups is 1. The monoisotopic (exact) mass is 648 g/mol. The molecule has 0 aromatic carbocycles. The number of unbranched alkanes of at least 4 members (excludes halogenated alkanes) is 18. The standard InChI is InChI=1S/C35H71N2O6P/c1-6-8-10-12-14-16-17-18-19-21-22-24-26-28-34(38)33(32-43-44(40,41)42-31-30-37(3,4)5)36-35(39)29-27-25-23-20-15-13-11-9-7-2/h24,26,33-34,38H,6-23,25,27-32H2,1-5H3,(H-,36,39,40,41)/p+1/t33-,34+/m0/s1. The molecule has 0 heterocycles. The first-order chi connectivity index (χ1) is 21.0. The Morgan fingerprint density at radius 3 is 1.73 bits per heavy atom. The van der Waals surface area contributed by atoms with Crippen LogP contribution in [0.15, 0.2) is 12.2 Å². The number of nitrogens with one attached hydrogen (secondary N) is 1. The topological polar surface area (TPSA) is 105 Å². The van der Waals surface area contributed by atoms with Gasteiger partial charge in [-0.1, -0.05) is 135 Å². The second-order valence-corrected chi connectivity index (χ2v) is 15.1. The van der Waals surface area contributed by atoms with E-state index in [4.69, 9.17) is 9.05 Å². The molecule has 9 heteroatoms. The van der Waals surface area contributed by atoms with Gasteiger partial charge in [0.05, 0.1) is 39.9 Å². The number of hydrogen-bond donors (Lipinski definition) is 3. The number of quaternary nitrogens is 1. The zero-order valence-corrected chi connectivity index (χ0v) is 30.3. The van der Waals surface area contributed by atoms with Crippen molar-refractivity contribution < 1.29 is 32.9 Å². The highest BCUT2D eigenvalue weighted by Crippen LogP contribution is 2.43. The number of nitrogens with zero attached hydrogens (tertiary/aromatic N) is 1. The lowest BCUT2D eigenvalue weighted by Crippen LogP contribution is -2.46. The molecule has 0 radical (unpaired) electrons. The van der Waals surface area contributed by atoms with Crippen LogP contribution in [-0.2, 0) is 18.4 Å². The average molecular weight is 648 g/mol. The second kappa shape index (κ2) is 28.5. The van der Waals surface area contributed by atoms with Crippen molar-refractivity contribution in [2.75, 3.05) is 40.9 Å². The maximum atomic E-state index is 12.7. The summed E-state index contributed by atoms with van der Waals surface area (Å²) in [5.74, 6) is -0.173. The molecule has 0 bridgehead atoms. The van der Waals surface area contributed by atoms with Gasteiger partial charge in [-0.25, -0.2) is 4.57 Å². The zero-order valence-electron chi connectivity index (χ0n) is 29.4. The molecule has 0 aliphatic rings. The quantitative estimate of drug-likeness (QED) is 0.0292. The summed E-state index contributed by atoms with van der Waals surface area (Å²) in [4.78, 5) is 22.9. The minimum Gasteiger partial charge on any atom is -0.391 e. The second-order valence-electron chi connectivity index (χ2n) is 13.6. The van der Waals surface area contributed by atoms with Crippen LogP contribution in [0, 0.1) is 0 Å². The smallest absolute Gasteiger partial charge is 0.391 e. The van der Waals surface area contributed by atoms with Gasteiger partial charge in [-0.2, -0.15) is 0 Å². The molecular formula is C35H72N2O6P+. The third-order valence-corrected chi connectivity index (χ3v) is 9.00. The molecule has 1 amide bonds. The summed E-state index contributed by atoms with van der Waals surface area (Å²) in [6, 6.07) is -0.800. The highest BCUT2D eigenvalue weighted by atomic mass is 31.2. The fraction of sp³-hybridized carbons (Fsp3) is 0.914. The number of phosphoric ester groups is 1. The van der Waals surface area contributed by atoms with Crippen molar-refractivity contribution in [3.8, 4) is 0 Å². The summed E-state index contributed by atoms with van der Waals surface area (Å²) in [6.45, 7) is 4.79. The lowest BCUT2D eigenvalue weighted by molar-refractivity contribution is -0.870. The molecule has 0 aliphatic heterocycles. The van der Waals surface area contributed by atoms with Crippen molar-refractivity contribution in [3.63, 3.8) is 0 Å². The molecular weight excluding hydrogens is 575 g/mol. The van der Waals surface area contributed by atoms with E-state index in [-0.39, 0.29) is 19.1 Å². The Morgan fingerprint density at radius 1 is 0.750 bits per heavy atom. The predicted molar refractivity (Wildman–Crippen MR) is 185 cm³/mol. The summed E-state index contributed by atoms with van der Waals surface area (Å²) in [6.07, 6.45) is 28.3. The number of carbonyl (C=O) groups is 1. The van der Waals surface area contributed by atoms with Gasteiger partial charge in [0.2, 0.25) is 5.91 Å². The van der Waals surface area contributed by atoms with Crippen LogP contribution >= 0.6 is 7.82 Å². The molecule has 3 N–H and O–H groups in total. The van der Waals surface area contributed by atoms with Crippen molar-refractivity contribution >= 4 is 13.7 Å². The molecule has 3 atom stereocenters. The van der Waals surface area contributed by atoms with Crippen LogP contribution in [0.1, 0.15) is 155 Å². The number of amides is 1. The lowest BCUT2D eigenvalue weighted by atomic mass is 10.0. The molecule has 0 saturated heterocycles. The average Bonchev–Trinajstić information content (AvgIpc) is 2.95. The minimum atomic E-state index is -4.31. The zero-order chi connectivity index (χ0) is 32.9. The number of phosphoric acid groups is 1. The van der Waals surface area contributed by atoms with E-state index in [0.717, 1.165) is 32.1 Å². The van der Waals surface area contributed by atoms with Gasteiger partial charge in [-0.05, 0) is 25.7 Å². The summed E-state index contributed by atoms with van der Waals surface area (Å²) in [7, 11) is 1.58.